The molecule has 2 fully saturated rings. The number of hydrogen-bond acceptors (Lipinski definition) is 3. The molecule has 0 aromatic carbocycles. The lowest BCUT2D eigenvalue weighted by Gasteiger charge is -2.23. The Kier molecular flexibility index (Phi) is 4.18. The maximum Gasteiger partial charge on any atom is 0.222 e. The Balaban J connectivity index is 1.63. The largest absolute Gasteiger partial charge is 0.341 e. The van der Waals surface area contributed by atoms with E-state index < -0.39 is 0 Å². The summed E-state index contributed by atoms with van der Waals surface area (Å²) >= 11 is 0. The lowest BCUT2D eigenvalue weighted by Crippen LogP contribution is -2.44. The molecule has 0 spiro atoms. The topological polar surface area (TPSA) is 44.4 Å². The van der Waals surface area contributed by atoms with Gasteiger partial charge in [0.05, 0.1) is 0 Å². The van der Waals surface area contributed by atoms with E-state index in [-0.39, 0.29) is 0 Å². The Morgan fingerprint density at radius 3 is 3.06 bits per heavy atom. The van der Waals surface area contributed by atoms with Crippen molar-refractivity contribution >= 4 is 5.91 Å². The van der Waals surface area contributed by atoms with Crippen LogP contribution in [-0.2, 0) is 4.79 Å². The highest BCUT2D eigenvalue weighted by molar-refractivity contribution is 5.78. The molecular formula is C12H23N3O. The van der Waals surface area contributed by atoms with Crippen molar-refractivity contribution in [2.45, 2.75) is 44.7 Å². The number of nitrogens with zero attached hydrogens (tertiary/aromatic N) is 1. The molecule has 2 unspecified atom stereocenters. The maximum atomic E-state index is 11.5. The molecule has 2 N–H and O–H groups in total. The molecule has 2 aliphatic rings. The van der Waals surface area contributed by atoms with Crippen LogP contribution in [0.4, 0.5) is 0 Å². The van der Waals surface area contributed by atoms with Crippen molar-refractivity contribution in [2.75, 3.05) is 26.2 Å². The lowest BCUT2D eigenvalue weighted by atomic mass is 10.2. The summed E-state index contributed by atoms with van der Waals surface area (Å²) < 4.78 is 0. The number of rotatable bonds is 5. The van der Waals surface area contributed by atoms with E-state index in [0.29, 0.717) is 18.0 Å². The highest BCUT2D eigenvalue weighted by Gasteiger charge is 2.22. The van der Waals surface area contributed by atoms with Crippen molar-refractivity contribution in [1.82, 2.24) is 15.5 Å². The van der Waals surface area contributed by atoms with E-state index in [4.69, 9.17) is 0 Å². The van der Waals surface area contributed by atoms with E-state index in [0.717, 1.165) is 39.0 Å². The van der Waals surface area contributed by atoms with Crippen LogP contribution in [-0.4, -0.2) is 49.1 Å². The Hall–Kier alpha value is -0.610. The molecule has 2 atom stereocenters. The second kappa shape index (κ2) is 5.64. The minimum atomic E-state index is 0.327. The molecule has 0 bridgehead atoms. The van der Waals surface area contributed by atoms with Crippen LogP contribution in [0, 0.1) is 0 Å². The SMILES string of the molecule is CC(CN1CCCC1=O)NCC1CCCN1. The molecule has 2 heterocycles. The minimum absolute atomic E-state index is 0.327. The molecule has 2 rings (SSSR count). The molecule has 16 heavy (non-hydrogen) atoms. The van der Waals surface area contributed by atoms with E-state index in [9.17, 15) is 4.79 Å². The van der Waals surface area contributed by atoms with Crippen LogP contribution in [0.2, 0.25) is 0 Å². The van der Waals surface area contributed by atoms with Gasteiger partial charge in [-0.1, -0.05) is 0 Å². The average Bonchev–Trinajstić information content (AvgIpc) is 2.88. The van der Waals surface area contributed by atoms with Crippen LogP contribution in [0.5, 0.6) is 0 Å². The molecule has 1 amide bonds. The van der Waals surface area contributed by atoms with Crippen LogP contribution >= 0.6 is 0 Å². The maximum absolute atomic E-state index is 11.5. The van der Waals surface area contributed by atoms with Crippen molar-refractivity contribution in [3.63, 3.8) is 0 Å². The van der Waals surface area contributed by atoms with Crippen molar-refractivity contribution in [3.05, 3.63) is 0 Å². The van der Waals surface area contributed by atoms with Gasteiger partial charge in [-0.05, 0) is 32.7 Å². The fourth-order valence-corrected chi connectivity index (χ4v) is 2.57. The molecule has 4 heteroatoms. The van der Waals surface area contributed by atoms with Gasteiger partial charge in [-0.15, -0.1) is 0 Å². The normalized spacial score (nSPS) is 27.7. The van der Waals surface area contributed by atoms with Gasteiger partial charge < -0.3 is 15.5 Å². The predicted molar refractivity (Wildman–Crippen MR) is 64.3 cm³/mol. The number of carbonyl (C=O) groups excluding carboxylic acids is 1. The molecule has 4 nitrogen and oxygen atoms in total. The second-order valence-corrected chi connectivity index (χ2v) is 5.05. The van der Waals surface area contributed by atoms with Gasteiger partial charge in [0.15, 0.2) is 0 Å². The van der Waals surface area contributed by atoms with Crippen LogP contribution < -0.4 is 10.6 Å². The van der Waals surface area contributed by atoms with E-state index in [1.807, 2.05) is 4.90 Å². The fourth-order valence-electron chi connectivity index (χ4n) is 2.57. The molecule has 0 aliphatic carbocycles. The molecular weight excluding hydrogens is 202 g/mol. The van der Waals surface area contributed by atoms with Gasteiger partial charge in [0.1, 0.15) is 0 Å². The van der Waals surface area contributed by atoms with E-state index >= 15 is 0 Å². The summed E-state index contributed by atoms with van der Waals surface area (Å²) in [6.07, 6.45) is 4.36. The summed E-state index contributed by atoms with van der Waals surface area (Å²) in [5.74, 6) is 0.327. The number of carbonyl (C=O) groups is 1. The summed E-state index contributed by atoms with van der Waals surface area (Å²) in [5.41, 5.74) is 0. The third kappa shape index (κ3) is 3.19. The number of amides is 1. The monoisotopic (exact) mass is 225 g/mol. The fraction of sp³-hybridized carbons (Fsp3) is 0.917. The van der Waals surface area contributed by atoms with Crippen LogP contribution in [0.15, 0.2) is 0 Å². The van der Waals surface area contributed by atoms with Gasteiger partial charge in [0.25, 0.3) is 0 Å². The number of nitrogens with one attached hydrogen (secondary N) is 2. The van der Waals surface area contributed by atoms with E-state index in [2.05, 4.69) is 17.6 Å². The van der Waals surface area contributed by atoms with Crippen molar-refractivity contribution in [3.8, 4) is 0 Å². The zero-order valence-corrected chi connectivity index (χ0v) is 10.2. The van der Waals surface area contributed by atoms with Crippen LogP contribution in [0.3, 0.4) is 0 Å². The van der Waals surface area contributed by atoms with Gasteiger partial charge in [-0.25, -0.2) is 0 Å². The highest BCUT2D eigenvalue weighted by Crippen LogP contribution is 2.10. The van der Waals surface area contributed by atoms with Crippen molar-refractivity contribution < 1.29 is 4.79 Å². The first-order valence-corrected chi connectivity index (χ1v) is 6.50. The van der Waals surface area contributed by atoms with Crippen molar-refractivity contribution in [1.29, 1.82) is 0 Å². The van der Waals surface area contributed by atoms with Gasteiger partial charge in [-0.2, -0.15) is 0 Å². The first-order valence-electron chi connectivity index (χ1n) is 6.50. The smallest absolute Gasteiger partial charge is 0.222 e. The average molecular weight is 225 g/mol. The number of hydrogen-bond donors (Lipinski definition) is 2. The molecule has 2 aliphatic heterocycles. The zero-order valence-electron chi connectivity index (χ0n) is 10.2. The molecule has 92 valence electrons. The summed E-state index contributed by atoms with van der Waals surface area (Å²) in [6, 6.07) is 1.04. The van der Waals surface area contributed by atoms with Crippen molar-refractivity contribution in [2.24, 2.45) is 0 Å². The second-order valence-electron chi connectivity index (χ2n) is 5.05. The van der Waals surface area contributed by atoms with Gasteiger partial charge >= 0.3 is 0 Å². The predicted octanol–water partition coefficient (Wildman–Crippen LogP) is 0.339. The zero-order chi connectivity index (χ0) is 11.4. The molecule has 0 aromatic rings. The summed E-state index contributed by atoms with van der Waals surface area (Å²) in [7, 11) is 0. The molecule has 2 saturated heterocycles. The van der Waals surface area contributed by atoms with Gasteiger partial charge in [0.2, 0.25) is 5.91 Å². The minimum Gasteiger partial charge on any atom is -0.341 e. The first kappa shape index (κ1) is 11.9. The van der Waals surface area contributed by atoms with E-state index in [1.54, 1.807) is 0 Å². The third-order valence-electron chi connectivity index (χ3n) is 3.54. The quantitative estimate of drug-likeness (QED) is 0.709. The standard InChI is InChI=1S/C12H23N3O/c1-10(9-15-7-3-5-12(15)16)14-8-11-4-2-6-13-11/h10-11,13-14H,2-9H2,1H3. The molecule has 0 aromatic heterocycles. The Labute approximate surface area is 97.8 Å². The molecule has 0 radical (unpaired) electrons. The summed E-state index contributed by atoms with van der Waals surface area (Å²) in [5, 5.41) is 6.99. The Morgan fingerprint density at radius 2 is 2.44 bits per heavy atom. The van der Waals surface area contributed by atoms with E-state index in [1.165, 1.54) is 12.8 Å². The first-order chi connectivity index (χ1) is 7.75. The molecule has 0 saturated carbocycles. The Morgan fingerprint density at radius 1 is 1.56 bits per heavy atom. The van der Waals surface area contributed by atoms with Gasteiger partial charge in [0, 0.05) is 38.1 Å². The summed E-state index contributed by atoms with van der Waals surface area (Å²) in [6.45, 7) is 6.17. The Bertz CT molecular complexity index is 238. The van der Waals surface area contributed by atoms with Crippen LogP contribution in [0.1, 0.15) is 32.6 Å². The van der Waals surface area contributed by atoms with Gasteiger partial charge in [-0.3, -0.25) is 4.79 Å². The number of likely N-dealkylation sites (tertiary alicyclic amines) is 1. The summed E-state index contributed by atoms with van der Waals surface area (Å²) in [4.78, 5) is 13.4. The lowest BCUT2D eigenvalue weighted by molar-refractivity contribution is -0.127. The third-order valence-corrected chi connectivity index (χ3v) is 3.54. The van der Waals surface area contributed by atoms with Crippen LogP contribution in [0.25, 0.3) is 0 Å². The highest BCUT2D eigenvalue weighted by atomic mass is 16.2.